The van der Waals surface area contributed by atoms with Gasteiger partial charge in [0.25, 0.3) is 0 Å². The Morgan fingerprint density at radius 1 is 1.05 bits per heavy atom. The van der Waals surface area contributed by atoms with Gasteiger partial charge in [0.1, 0.15) is 5.82 Å². The summed E-state index contributed by atoms with van der Waals surface area (Å²) in [5.41, 5.74) is 8.82. The minimum absolute atomic E-state index is 0.0165. The van der Waals surface area contributed by atoms with Gasteiger partial charge in [-0.15, -0.1) is 0 Å². The van der Waals surface area contributed by atoms with E-state index in [1.165, 1.54) is 5.56 Å². The van der Waals surface area contributed by atoms with Gasteiger partial charge in [-0.2, -0.15) is 0 Å². The standard InChI is InChI=1S/C29H29N5O3/c1-19-5-7-20(8-6-19)16-26(35)33-34-14-11-21(12-15-34)29-31-27(28(32-29)23-4-2-3-13-30-23)22-9-10-24-25(17-22)37-18-36-24/h2-10,13,17,21H,11-12,14-16,18H2,1H3,(H,31,32)(H,33,35). The van der Waals surface area contributed by atoms with Crippen molar-refractivity contribution in [2.24, 2.45) is 0 Å². The van der Waals surface area contributed by atoms with Crippen LogP contribution >= 0.6 is 0 Å². The Balaban J connectivity index is 1.17. The van der Waals surface area contributed by atoms with Gasteiger partial charge < -0.3 is 14.5 Å². The van der Waals surface area contributed by atoms with Crippen LogP contribution in [0.5, 0.6) is 11.5 Å². The summed E-state index contributed by atoms with van der Waals surface area (Å²) >= 11 is 0. The molecule has 4 heterocycles. The van der Waals surface area contributed by atoms with Gasteiger partial charge in [-0.3, -0.25) is 15.2 Å². The van der Waals surface area contributed by atoms with Crippen LogP contribution in [0.4, 0.5) is 0 Å². The molecule has 4 aromatic rings. The first-order valence-electron chi connectivity index (χ1n) is 12.6. The van der Waals surface area contributed by atoms with Crippen molar-refractivity contribution in [1.82, 2.24) is 25.4 Å². The molecule has 0 unspecified atom stereocenters. The third-order valence-corrected chi connectivity index (χ3v) is 6.94. The number of benzene rings is 2. The van der Waals surface area contributed by atoms with E-state index in [9.17, 15) is 4.79 Å². The van der Waals surface area contributed by atoms with Gasteiger partial charge in [0.2, 0.25) is 12.7 Å². The highest BCUT2D eigenvalue weighted by Gasteiger charge is 2.27. The number of rotatable bonds is 6. The molecule has 2 N–H and O–H groups in total. The molecule has 0 spiro atoms. The van der Waals surface area contributed by atoms with Crippen LogP contribution in [-0.4, -0.2) is 45.8 Å². The number of piperidine rings is 1. The summed E-state index contributed by atoms with van der Waals surface area (Å²) < 4.78 is 11.1. The molecule has 0 saturated carbocycles. The molecule has 2 aromatic heterocycles. The lowest BCUT2D eigenvalue weighted by atomic mass is 9.97. The lowest BCUT2D eigenvalue weighted by Gasteiger charge is -2.31. The molecule has 2 aliphatic heterocycles. The number of nitrogens with zero attached hydrogens (tertiary/aromatic N) is 3. The van der Waals surface area contributed by atoms with Crippen LogP contribution < -0.4 is 14.9 Å². The van der Waals surface area contributed by atoms with E-state index >= 15 is 0 Å². The van der Waals surface area contributed by atoms with Crippen molar-refractivity contribution < 1.29 is 14.3 Å². The lowest BCUT2D eigenvalue weighted by Crippen LogP contribution is -2.46. The van der Waals surface area contributed by atoms with E-state index in [0.717, 1.165) is 71.5 Å². The van der Waals surface area contributed by atoms with E-state index in [0.29, 0.717) is 6.42 Å². The predicted molar refractivity (Wildman–Crippen MR) is 140 cm³/mol. The molecule has 0 radical (unpaired) electrons. The largest absolute Gasteiger partial charge is 0.454 e. The van der Waals surface area contributed by atoms with Gasteiger partial charge in [0, 0.05) is 30.8 Å². The first-order chi connectivity index (χ1) is 18.1. The van der Waals surface area contributed by atoms with Gasteiger partial charge in [-0.25, -0.2) is 9.99 Å². The normalized spacial score (nSPS) is 15.6. The van der Waals surface area contributed by atoms with Crippen molar-refractivity contribution >= 4 is 5.91 Å². The molecule has 2 aromatic carbocycles. The van der Waals surface area contributed by atoms with Gasteiger partial charge >= 0.3 is 0 Å². The minimum atomic E-state index is 0.0165. The molecule has 0 aliphatic carbocycles. The number of imidazole rings is 1. The summed E-state index contributed by atoms with van der Waals surface area (Å²) in [4.78, 5) is 25.8. The average molecular weight is 496 g/mol. The lowest BCUT2D eigenvalue weighted by molar-refractivity contribution is -0.125. The van der Waals surface area contributed by atoms with E-state index in [-0.39, 0.29) is 18.6 Å². The predicted octanol–water partition coefficient (Wildman–Crippen LogP) is 4.63. The minimum Gasteiger partial charge on any atom is -0.454 e. The average Bonchev–Trinajstić information content (AvgIpc) is 3.58. The molecule has 37 heavy (non-hydrogen) atoms. The first kappa shape index (κ1) is 23.2. The van der Waals surface area contributed by atoms with Crippen molar-refractivity contribution in [3.63, 3.8) is 0 Å². The van der Waals surface area contributed by atoms with Crippen LogP contribution in [-0.2, 0) is 11.2 Å². The number of hydrogen-bond acceptors (Lipinski definition) is 6. The van der Waals surface area contributed by atoms with Crippen LogP contribution in [0.2, 0.25) is 0 Å². The number of aromatic amines is 1. The molecule has 1 amide bonds. The Bertz CT molecular complexity index is 1390. The van der Waals surface area contributed by atoms with E-state index < -0.39 is 0 Å². The fourth-order valence-corrected chi connectivity index (χ4v) is 4.91. The van der Waals surface area contributed by atoms with Crippen LogP contribution in [0.15, 0.2) is 66.9 Å². The van der Waals surface area contributed by atoms with Crippen LogP contribution in [0.25, 0.3) is 22.6 Å². The van der Waals surface area contributed by atoms with Crippen LogP contribution in [0, 0.1) is 6.92 Å². The van der Waals surface area contributed by atoms with Crippen molar-refractivity contribution in [2.45, 2.75) is 32.1 Å². The van der Waals surface area contributed by atoms with E-state index in [1.54, 1.807) is 6.20 Å². The molecule has 0 atom stereocenters. The number of hydrogen-bond donors (Lipinski definition) is 2. The van der Waals surface area contributed by atoms with Gasteiger partial charge in [-0.1, -0.05) is 35.9 Å². The highest BCUT2D eigenvalue weighted by Crippen LogP contribution is 2.39. The van der Waals surface area contributed by atoms with Crippen molar-refractivity contribution in [2.75, 3.05) is 19.9 Å². The maximum atomic E-state index is 12.6. The number of H-pyrrole nitrogens is 1. The zero-order valence-corrected chi connectivity index (χ0v) is 20.7. The monoisotopic (exact) mass is 495 g/mol. The van der Waals surface area contributed by atoms with Crippen LogP contribution in [0.3, 0.4) is 0 Å². The number of aryl methyl sites for hydroxylation is 1. The second-order valence-electron chi connectivity index (χ2n) is 9.59. The number of pyridine rings is 1. The van der Waals surface area contributed by atoms with E-state index in [1.807, 2.05) is 72.6 Å². The molecule has 0 bridgehead atoms. The van der Waals surface area contributed by atoms with Crippen molar-refractivity contribution in [3.05, 3.63) is 83.8 Å². The Morgan fingerprint density at radius 3 is 2.65 bits per heavy atom. The second kappa shape index (κ2) is 10.1. The van der Waals surface area contributed by atoms with Gasteiger partial charge in [0.05, 0.1) is 23.5 Å². The molecule has 8 nitrogen and oxygen atoms in total. The molecule has 1 saturated heterocycles. The second-order valence-corrected chi connectivity index (χ2v) is 9.59. The molecule has 188 valence electrons. The molecule has 8 heteroatoms. The number of nitrogens with one attached hydrogen (secondary N) is 2. The number of ether oxygens (including phenoxy) is 2. The smallest absolute Gasteiger partial charge is 0.238 e. The van der Waals surface area contributed by atoms with E-state index in [4.69, 9.17) is 14.5 Å². The molecule has 2 aliphatic rings. The zero-order chi connectivity index (χ0) is 25.2. The third kappa shape index (κ3) is 5.06. The SMILES string of the molecule is Cc1ccc(CC(=O)NN2CCC(c3nc(-c4ccc5c(c4)OCO5)c(-c4ccccn4)[nH]3)CC2)cc1. The number of fused-ring (bicyclic) bond motifs is 1. The van der Waals surface area contributed by atoms with Gasteiger partial charge in [-0.05, 0) is 55.7 Å². The van der Waals surface area contributed by atoms with Gasteiger partial charge in [0.15, 0.2) is 11.5 Å². The Kier molecular flexibility index (Phi) is 6.32. The fraction of sp³-hybridized carbons (Fsp3) is 0.276. The first-order valence-corrected chi connectivity index (χ1v) is 12.6. The number of carbonyl (C=O) groups excluding carboxylic acids is 1. The van der Waals surface area contributed by atoms with E-state index in [2.05, 4.69) is 15.4 Å². The third-order valence-electron chi connectivity index (χ3n) is 6.94. The highest BCUT2D eigenvalue weighted by molar-refractivity contribution is 5.79. The topological polar surface area (TPSA) is 92.4 Å². The summed E-state index contributed by atoms with van der Waals surface area (Å²) in [7, 11) is 0. The van der Waals surface area contributed by atoms with Crippen molar-refractivity contribution in [1.29, 1.82) is 0 Å². The number of hydrazine groups is 1. The quantitative estimate of drug-likeness (QED) is 0.405. The van der Waals surface area contributed by atoms with Crippen LogP contribution in [0.1, 0.15) is 35.7 Å². The number of aromatic nitrogens is 3. The maximum Gasteiger partial charge on any atom is 0.238 e. The fourth-order valence-electron chi connectivity index (χ4n) is 4.91. The molecule has 6 rings (SSSR count). The molecule has 1 fully saturated rings. The summed E-state index contributed by atoms with van der Waals surface area (Å²) in [5, 5.41) is 2.02. The Morgan fingerprint density at radius 2 is 1.86 bits per heavy atom. The number of amides is 1. The number of carbonyl (C=O) groups is 1. The Labute approximate surface area is 215 Å². The zero-order valence-electron chi connectivity index (χ0n) is 20.7. The highest BCUT2D eigenvalue weighted by atomic mass is 16.7. The summed E-state index contributed by atoms with van der Waals surface area (Å²) in [6.07, 6.45) is 3.95. The molecular formula is C29H29N5O3. The summed E-state index contributed by atoms with van der Waals surface area (Å²) in [6.45, 7) is 3.81. The molecular weight excluding hydrogens is 466 g/mol. The Hall–Kier alpha value is -4.17. The summed E-state index contributed by atoms with van der Waals surface area (Å²) in [6, 6.07) is 19.9. The van der Waals surface area contributed by atoms with Crippen molar-refractivity contribution in [3.8, 4) is 34.1 Å². The summed E-state index contributed by atoms with van der Waals surface area (Å²) in [5.74, 6) is 2.69. The maximum absolute atomic E-state index is 12.6.